The van der Waals surface area contributed by atoms with E-state index in [4.69, 9.17) is 17.3 Å². The van der Waals surface area contributed by atoms with Crippen LogP contribution in [0.4, 0.5) is 13.2 Å². The van der Waals surface area contributed by atoms with E-state index in [-0.39, 0.29) is 16.8 Å². The van der Waals surface area contributed by atoms with Crippen molar-refractivity contribution in [3.63, 3.8) is 0 Å². The molecule has 7 nitrogen and oxygen atoms in total. The number of halogens is 4. The van der Waals surface area contributed by atoms with Crippen LogP contribution < -0.4 is 5.73 Å². The first-order chi connectivity index (χ1) is 13.3. The Bertz CT molecular complexity index is 1210. The number of aromatic nitrogens is 5. The highest BCUT2D eigenvalue weighted by Crippen LogP contribution is 2.41. The minimum absolute atomic E-state index is 0.0103. The first-order valence-electron chi connectivity index (χ1n) is 7.80. The number of hydrogen-bond acceptors (Lipinski definition) is 4. The molecule has 0 aliphatic rings. The van der Waals surface area contributed by atoms with E-state index in [0.29, 0.717) is 22.6 Å². The van der Waals surface area contributed by atoms with Crippen molar-refractivity contribution in [1.29, 1.82) is 0 Å². The van der Waals surface area contributed by atoms with Crippen LogP contribution in [0.15, 0.2) is 36.9 Å². The monoisotopic (exact) mass is 406 g/mol. The highest BCUT2D eigenvalue weighted by molar-refractivity contribution is 6.34. The molecule has 0 aliphatic carbocycles. The Labute approximate surface area is 159 Å². The predicted octanol–water partition coefficient (Wildman–Crippen LogP) is 3.79. The average Bonchev–Trinajstić information content (AvgIpc) is 3.27. The number of hydrogen-bond donors (Lipinski definition) is 3. The lowest BCUT2D eigenvalue weighted by Gasteiger charge is -2.12. The summed E-state index contributed by atoms with van der Waals surface area (Å²) in [5.74, 6) is -0.835. The molecule has 142 valence electrons. The molecule has 0 aliphatic heterocycles. The fourth-order valence-corrected chi connectivity index (χ4v) is 3.22. The second kappa shape index (κ2) is 6.34. The number of benzene rings is 1. The van der Waals surface area contributed by atoms with Crippen LogP contribution in [0.3, 0.4) is 0 Å². The van der Waals surface area contributed by atoms with E-state index in [9.17, 15) is 18.0 Å². The van der Waals surface area contributed by atoms with Crippen LogP contribution >= 0.6 is 11.6 Å². The first kappa shape index (κ1) is 18.0. The quantitative estimate of drug-likeness (QED) is 0.480. The van der Waals surface area contributed by atoms with E-state index in [0.717, 1.165) is 6.07 Å². The maximum Gasteiger partial charge on any atom is 0.417 e. The Balaban J connectivity index is 1.95. The Hall–Kier alpha value is -3.40. The van der Waals surface area contributed by atoms with Gasteiger partial charge in [-0.2, -0.15) is 13.2 Å². The number of imidazole rings is 1. The summed E-state index contributed by atoms with van der Waals surface area (Å²) >= 11 is 6.00. The SMILES string of the molecule is NC(=O)c1cc(-c2ncnc3[nH]cnc23)[nH]c1-c1cccc(C(F)(F)F)c1Cl. The number of carbonyl (C=O) groups is 1. The third-order valence-electron chi connectivity index (χ3n) is 4.13. The molecular weight excluding hydrogens is 397 g/mol. The Kier molecular flexibility index (Phi) is 4.07. The topological polar surface area (TPSA) is 113 Å². The summed E-state index contributed by atoms with van der Waals surface area (Å²) in [6.07, 6.45) is -1.94. The number of nitrogens with one attached hydrogen (secondary N) is 2. The van der Waals surface area contributed by atoms with E-state index in [2.05, 4.69) is 24.9 Å². The van der Waals surface area contributed by atoms with Crippen molar-refractivity contribution in [1.82, 2.24) is 24.9 Å². The molecule has 3 heterocycles. The standard InChI is InChI=1S/C17H10ClF3N6O/c18-11-7(2-1-3-9(11)17(19,20)21)12-8(15(22)28)4-10(27-12)13-14-16(25-5-23-13)26-6-24-14/h1-6,27H,(H2,22,28)(H,23,24,25,26). The average molecular weight is 407 g/mol. The molecule has 0 atom stereocenters. The Morgan fingerprint density at radius 2 is 1.96 bits per heavy atom. The predicted molar refractivity (Wildman–Crippen MR) is 95.4 cm³/mol. The van der Waals surface area contributed by atoms with Gasteiger partial charge in [-0.15, -0.1) is 0 Å². The maximum absolute atomic E-state index is 13.2. The second-order valence-electron chi connectivity index (χ2n) is 5.82. The number of nitrogens with zero attached hydrogens (tertiary/aromatic N) is 3. The van der Waals surface area contributed by atoms with Crippen LogP contribution in [0.5, 0.6) is 0 Å². The summed E-state index contributed by atoms with van der Waals surface area (Å²) in [6.45, 7) is 0. The molecule has 4 rings (SSSR count). The summed E-state index contributed by atoms with van der Waals surface area (Å²) in [4.78, 5) is 29.9. The molecule has 3 aromatic heterocycles. The van der Waals surface area contributed by atoms with Gasteiger partial charge in [0, 0.05) is 5.56 Å². The normalized spacial score (nSPS) is 11.9. The second-order valence-corrected chi connectivity index (χ2v) is 6.20. The summed E-state index contributed by atoms with van der Waals surface area (Å²) in [6, 6.07) is 4.82. The van der Waals surface area contributed by atoms with Gasteiger partial charge in [-0.05, 0) is 12.1 Å². The molecule has 0 saturated carbocycles. The smallest absolute Gasteiger partial charge is 0.366 e. The Morgan fingerprint density at radius 1 is 1.18 bits per heavy atom. The third kappa shape index (κ3) is 2.87. The van der Waals surface area contributed by atoms with E-state index in [1.54, 1.807) is 0 Å². The molecule has 4 aromatic rings. The highest BCUT2D eigenvalue weighted by Gasteiger charge is 2.34. The van der Waals surface area contributed by atoms with Crippen molar-refractivity contribution in [2.75, 3.05) is 0 Å². The van der Waals surface area contributed by atoms with Gasteiger partial charge in [0.05, 0.1) is 33.9 Å². The molecule has 28 heavy (non-hydrogen) atoms. The van der Waals surface area contributed by atoms with Crippen LogP contribution in [-0.4, -0.2) is 30.8 Å². The first-order valence-corrected chi connectivity index (χ1v) is 8.18. The molecule has 0 saturated heterocycles. The van der Waals surface area contributed by atoms with Gasteiger partial charge in [-0.25, -0.2) is 15.0 Å². The molecular formula is C17H10ClF3N6O. The van der Waals surface area contributed by atoms with Crippen molar-refractivity contribution in [2.24, 2.45) is 5.73 Å². The van der Waals surface area contributed by atoms with Crippen LogP contribution in [0.2, 0.25) is 5.02 Å². The van der Waals surface area contributed by atoms with Crippen molar-refractivity contribution in [2.45, 2.75) is 6.18 Å². The summed E-state index contributed by atoms with van der Waals surface area (Å²) in [5, 5.41) is -0.543. The number of rotatable bonds is 3. The highest BCUT2D eigenvalue weighted by atomic mass is 35.5. The molecule has 4 N–H and O–H groups in total. The zero-order valence-electron chi connectivity index (χ0n) is 13.8. The minimum atomic E-state index is -4.65. The van der Waals surface area contributed by atoms with Crippen LogP contribution in [0.25, 0.3) is 33.8 Å². The summed E-state index contributed by atoms with van der Waals surface area (Å²) in [7, 11) is 0. The zero-order chi connectivity index (χ0) is 20.1. The van der Waals surface area contributed by atoms with Crippen LogP contribution in [-0.2, 0) is 6.18 Å². The molecule has 0 unspecified atom stereocenters. The number of nitrogens with two attached hydrogens (primary N) is 1. The fraction of sp³-hybridized carbons (Fsp3) is 0.0588. The molecule has 11 heteroatoms. The van der Waals surface area contributed by atoms with Crippen molar-refractivity contribution >= 4 is 28.7 Å². The summed E-state index contributed by atoms with van der Waals surface area (Å²) < 4.78 is 39.6. The van der Waals surface area contributed by atoms with Gasteiger partial charge in [0.15, 0.2) is 5.65 Å². The van der Waals surface area contributed by atoms with Gasteiger partial charge in [0.25, 0.3) is 5.91 Å². The number of fused-ring (bicyclic) bond motifs is 1. The van der Waals surface area contributed by atoms with Gasteiger partial charge >= 0.3 is 6.18 Å². The maximum atomic E-state index is 13.2. The number of amides is 1. The fourth-order valence-electron chi connectivity index (χ4n) is 2.89. The van der Waals surface area contributed by atoms with E-state index in [1.165, 1.54) is 30.9 Å². The number of H-pyrrole nitrogens is 2. The third-order valence-corrected chi connectivity index (χ3v) is 4.54. The van der Waals surface area contributed by atoms with Crippen molar-refractivity contribution < 1.29 is 18.0 Å². The van der Waals surface area contributed by atoms with Crippen LogP contribution in [0, 0.1) is 0 Å². The van der Waals surface area contributed by atoms with Gasteiger partial charge in [0.1, 0.15) is 17.5 Å². The Morgan fingerprint density at radius 3 is 2.68 bits per heavy atom. The molecule has 0 bridgehead atoms. The molecule has 0 fully saturated rings. The van der Waals surface area contributed by atoms with Gasteiger partial charge in [0.2, 0.25) is 0 Å². The van der Waals surface area contributed by atoms with Gasteiger partial charge < -0.3 is 15.7 Å². The number of aromatic amines is 2. The lowest BCUT2D eigenvalue weighted by atomic mass is 10.0. The molecule has 0 spiro atoms. The van der Waals surface area contributed by atoms with Crippen LogP contribution in [0.1, 0.15) is 15.9 Å². The zero-order valence-corrected chi connectivity index (χ0v) is 14.6. The van der Waals surface area contributed by atoms with Crippen molar-refractivity contribution in [3.8, 4) is 22.6 Å². The summed E-state index contributed by atoms with van der Waals surface area (Å²) in [5.41, 5.74) is 5.99. The lowest BCUT2D eigenvalue weighted by Crippen LogP contribution is -2.11. The van der Waals surface area contributed by atoms with E-state index < -0.39 is 22.7 Å². The molecule has 1 amide bonds. The van der Waals surface area contributed by atoms with Crippen molar-refractivity contribution in [3.05, 3.63) is 53.1 Å². The van der Waals surface area contributed by atoms with E-state index >= 15 is 0 Å². The lowest BCUT2D eigenvalue weighted by molar-refractivity contribution is -0.137. The molecule has 0 radical (unpaired) electrons. The molecule has 1 aromatic carbocycles. The number of alkyl halides is 3. The largest absolute Gasteiger partial charge is 0.417 e. The van der Waals surface area contributed by atoms with E-state index in [1.807, 2.05) is 0 Å². The van der Waals surface area contributed by atoms with Gasteiger partial charge in [-0.1, -0.05) is 23.7 Å². The van der Waals surface area contributed by atoms with Gasteiger partial charge in [-0.3, -0.25) is 4.79 Å². The number of carbonyl (C=O) groups excluding carboxylic acids is 1. The number of primary amides is 1. The minimum Gasteiger partial charge on any atom is -0.366 e.